The predicted octanol–water partition coefficient (Wildman–Crippen LogP) is 3.84. The Morgan fingerprint density at radius 2 is 1.95 bits per heavy atom. The quantitative estimate of drug-likeness (QED) is 0.681. The average molecular weight is 332 g/mol. The smallest absolute Gasteiger partial charge is 0.283 e. The van der Waals surface area contributed by atoms with Crippen LogP contribution in [-0.4, -0.2) is 4.92 Å². The number of nitro groups is 1. The van der Waals surface area contributed by atoms with Gasteiger partial charge >= 0.3 is 0 Å². The zero-order chi connectivity index (χ0) is 14.5. The molecule has 0 aliphatic heterocycles. The van der Waals surface area contributed by atoms with Crippen molar-refractivity contribution in [2.45, 2.75) is 6.54 Å². The van der Waals surface area contributed by atoms with Crippen molar-refractivity contribution in [2.75, 3.05) is 5.32 Å². The van der Waals surface area contributed by atoms with Crippen LogP contribution in [-0.2, 0) is 6.54 Å². The number of nitro benzene ring substituents is 1. The molecule has 0 heterocycles. The summed E-state index contributed by atoms with van der Waals surface area (Å²) < 4.78 is 0.463. The molecule has 2 aromatic carbocycles. The first kappa shape index (κ1) is 14.0. The summed E-state index contributed by atoms with van der Waals surface area (Å²) in [4.78, 5) is 10.4. The first-order chi connectivity index (χ1) is 9.60. The molecular formula is C14H10BrN3O2. The van der Waals surface area contributed by atoms with Crippen LogP contribution in [0.3, 0.4) is 0 Å². The summed E-state index contributed by atoms with van der Waals surface area (Å²) in [5.41, 5.74) is 2.30. The topological polar surface area (TPSA) is 79.0 Å². The fraction of sp³-hybridized carbons (Fsp3) is 0.0714. The Bertz CT molecular complexity index is 678. The third-order valence-electron chi connectivity index (χ3n) is 2.72. The second-order valence-electron chi connectivity index (χ2n) is 4.09. The molecule has 0 aliphatic carbocycles. The summed E-state index contributed by atoms with van der Waals surface area (Å²) in [7, 11) is 0. The van der Waals surface area contributed by atoms with Crippen LogP contribution >= 0.6 is 15.9 Å². The third kappa shape index (κ3) is 3.33. The number of halogens is 1. The van der Waals surface area contributed by atoms with Gasteiger partial charge in [-0.3, -0.25) is 10.1 Å². The predicted molar refractivity (Wildman–Crippen MR) is 79.3 cm³/mol. The molecule has 0 saturated carbocycles. The number of hydrogen-bond acceptors (Lipinski definition) is 4. The van der Waals surface area contributed by atoms with Gasteiger partial charge in [-0.25, -0.2) is 0 Å². The van der Waals surface area contributed by atoms with Gasteiger partial charge in [-0.2, -0.15) is 5.26 Å². The molecule has 0 radical (unpaired) electrons. The van der Waals surface area contributed by atoms with E-state index in [1.165, 1.54) is 6.07 Å². The highest BCUT2D eigenvalue weighted by atomic mass is 79.9. The molecule has 20 heavy (non-hydrogen) atoms. The molecule has 0 aromatic heterocycles. The van der Waals surface area contributed by atoms with Crippen molar-refractivity contribution in [1.82, 2.24) is 0 Å². The highest BCUT2D eigenvalue weighted by molar-refractivity contribution is 9.10. The normalized spacial score (nSPS) is 9.80. The molecule has 0 spiro atoms. The van der Waals surface area contributed by atoms with E-state index in [0.717, 1.165) is 11.3 Å². The van der Waals surface area contributed by atoms with Crippen molar-refractivity contribution in [2.24, 2.45) is 0 Å². The molecule has 2 rings (SSSR count). The molecule has 2 aromatic rings. The van der Waals surface area contributed by atoms with Gasteiger partial charge < -0.3 is 5.32 Å². The number of anilines is 1. The molecule has 0 bridgehead atoms. The lowest BCUT2D eigenvalue weighted by atomic mass is 10.2. The van der Waals surface area contributed by atoms with E-state index in [1.807, 2.05) is 12.1 Å². The van der Waals surface area contributed by atoms with E-state index in [-0.39, 0.29) is 5.69 Å². The standard InChI is InChI=1S/C14H10BrN3O2/c15-13-6-3-11(7-14(13)18(19)20)9-17-12-4-1-10(8-16)2-5-12/h1-7,17H,9H2. The van der Waals surface area contributed by atoms with Crippen LogP contribution in [0.2, 0.25) is 0 Å². The Hall–Kier alpha value is -2.39. The second-order valence-corrected chi connectivity index (χ2v) is 4.94. The van der Waals surface area contributed by atoms with Crippen molar-refractivity contribution in [3.63, 3.8) is 0 Å². The Kier molecular flexibility index (Phi) is 4.33. The number of hydrogen-bond donors (Lipinski definition) is 1. The molecule has 1 N–H and O–H groups in total. The molecule has 0 fully saturated rings. The number of rotatable bonds is 4. The minimum atomic E-state index is -0.421. The van der Waals surface area contributed by atoms with Crippen LogP contribution in [0.1, 0.15) is 11.1 Å². The molecule has 0 unspecified atom stereocenters. The van der Waals surface area contributed by atoms with E-state index in [4.69, 9.17) is 5.26 Å². The lowest BCUT2D eigenvalue weighted by molar-refractivity contribution is -0.385. The molecule has 6 heteroatoms. The van der Waals surface area contributed by atoms with Crippen molar-refractivity contribution in [3.05, 3.63) is 68.2 Å². The molecular weight excluding hydrogens is 322 g/mol. The minimum Gasteiger partial charge on any atom is -0.381 e. The van der Waals surface area contributed by atoms with E-state index in [0.29, 0.717) is 16.6 Å². The van der Waals surface area contributed by atoms with Gasteiger partial charge in [0.15, 0.2) is 0 Å². The summed E-state index contributed by atoms with van der Waals surface area (Å²) in [6.45, 7) is 0.472. The summed E-state index contributed by atoms with van der Waals surface area (Å²) in [6.07, 6.45) is 0. The third-order valence-corrected chi connectivity index (χ3v) is 3.39. The number of nitriles is 1. The first-order valence-electron chi connectivity index (χ1n) is 5.77. The van der Waals surface area contributed by atoms with Crippen molar-refractivity contribution in [1.29, 1.82) is 5.26 Å². The van der Waals surface area contributed by atoms with Crippen LogP contribution < -0.4 is 5.32 Å². The Balaban J connectivity index is 2.09. The zero-order valence-corrected chi connectivity index (χ0v) is 11.9. The van der Waals surface area contributed by atoms with E-state index >= 15 is 0 Å². The van der Waals surface area contributed by atoms with Gasteiger partial charge in [0, 0.05) is 18.3 Å². The van der Waals surface area contributed by atoms with Crippen molar-refractivity contribution in [3.8, 4) is 6.07 Å². The fourth-order valence-electron chi connectivity index (χ4n) is 1.67. The maximum absolute atomic E-state index is 10.8. The van der Waals surface area contributed by atoms with Crippen molar-refractivity contribution >= 4 is 27.3 Å². The molecule has 0 aliphatic rings. The first-order valence-corrected chi connectivity index (χ1v) is 6.56. The largest absolute Gasteiger partial charge is 0.381 e. The van der Waals surface area contributed by atoms with E-state index < -0.39 is 4.92 Å². The highest BCUT2D eigenvalue weighted by Crippen LogP contribution is 2.26. The van der Waals surface area contributed by atoms with Crippen LogP contribution in [0.5, 0.6) is 0 Å². The molecule has 0 amide bonds. The minimum absolute atomic E-state index is 0.0455. The van der Waals surface area contributed by atoms with Crippen LogP contribution in [0.15, 0.2) is 46.9 Å². The SMILES string of the molecule is N#Cc1ccc(NCc2ccc(Br)c([N+](=O)[O-])c2)cc1. The van der Waals surface area contributed by atoms with E-state index in [2.05, 4.69) is 21.2 Å². The van der Waals surface area contributed by atoms with E-state index in [9.17, 15) is 10.1 Å². The molecule has 0 atom stereocenters. The number of nitrogens with zero attached hydrogens (tertiary/aromatic N) is 2. The Morgan fingerprint density at radius 3 is 2.55 bits per heavy atom. The molecule has 100 valence electrons. The van der Waals surface area contributed by atoms with Gasteiger partial charge in [0.1, 0.15) is 0 Å². The second kappa shape index (κ2) is 6.17. The highest BCUT2D eigenvalue weighted by Gasteiger charge is 2.11. The van der Waals surface area contributed by atoms with Gasteiger partial charge in [-0.1, -0.05) is 6.07 Å². The van der Waals surface area contributed by atoms with Crippen LogP contribution in [0.25, 0.3) is 0 Å². The van der Waals surface area contributed by atoms with Gasteiger partial charge in [0.25, 0.3) is 5.69 Å². The Labute approximate surface area is 124 Å². The molecule has 5 nitrogen and oxygen atoms in total. The molecule has 0 saturated heterocycles. The van der Waals surface area contributed by atoms with Gasteiger partial charge in [-0.05, 0) is 51.8 Å². The van der Waals surface area contributed by atoms with Gasteiger partial charge in [0.2, 0.25) is 0 Å². The maximum atomic E-state index is 10.8. The average Bonchev–Trinajstić information content (AvgIpc) is 2.46. The van der Waals surface area contributed by atoms with Crippen molar-refractivity contribution < 1.29 is 4.92 Å². The van der Waals surface area contributed by atoms with Gasteiger partial charge in [-0.15, -0.1) is 0 Å². The monoisotopic (exact) mass is 331 g/mol. The fourth-order valence-corrected chi connectivity index (χ4v) is 2.07. The van der Waals surface area contributed by atoms with Crippen LogP contribution in [0, 0.1) is 21.4 Å². The lowest BCUT2D eigenvalue weighted by Gasteiger charge is -2.07. The summed E-state index contributed by atoms with van der Waals surface area (Å²) in [6, 6.07) is 14.1. The van der Waals surface area contributed by atoms with Gasteiger partial charge in [0.05, 0.1) is 21.0 Å². The van der Waals surface area contributed by atoms with E-state index in [1.54, 1.807) is 30.3 Å². The summed E-state index contributed by atoms with van der Waals surface area (Å²) in [5.74, 6) is 0. The number of benzene rings is 2. The maximum Gasteiger partial charge on any atom is 0.283 e. The number of nitrogens with one attached hydrogen (secondary N) is 1. The summed E-state index contributed by atoms with van der Waals surface area (Å²) >= 11 is 3.15. The zero-order valence-electron chi connectivity index (χ0n) is 10.3. The summed E-state index contributed by atoms with van der Waals surface area (Å²) in [5, 5.41) is 22.7. The Morgan fingerprint density at radius 1 is 1.25 bits per heavy atom. The lowest BCUT2D eigenvalue weighted by Crippen LogP contribution is -2.00. The van der Waals surface area contributed by atoms with Crippen LogP contribution in [0.4, 0.5) is 11.4 Å².